The van der Waals surface area contributed by atoms with E-state index in [0.29, 0.717) is 5.41 Å². The molecule has 6 heteroatoms. The third-order valence-corrected chi connectivity index (χ3v) is 3.95. The van der Waals surface area contributed by atoms with Gasteiger partial charge in [-0.25, -0.2) is 4.68 Å². The summed E-state index contributed by atoms with van der Waals surface area (Å²) in [4.78, 5) is 13.0. The minimum Gasteiger partial charge on any atom is -0.480 e. The first-order chi connectivity index (χ1) is 9.57. The van der Waals surface area contributed by atoms with Crippen LogP contribution >= 0.6 is 0 Å². The molecule has 20 heavy (non-hydrogen) atoms. The SMILES string of the molecule is CCCC1(CCC)CN(Cc2cn(CC(=O)O)nn2)C1. The molecule has 1 N–H and O–H groups in total. The minimum atomic E-state index is -0.893. The molecule has 0 amide bonds. The van der Waals surface area contributed by atoms with E-state index in [9.17, 15) is 4.79 Å². The Kier molecular flexibility index (Phi) is 4.75. The normalized spacial score (nSPS) is 17.9. The van der Waals surface area contributed by atoms with Crippen LogP contribution in [0.3, 0.4) is 0 Å². The van der Waals surface area contributed by atoms with Gasteiger partial charge in [-0.15, -0.1) is 5.10 Å². The lowest BCUT2D eigenvalue weighted by Crippen LogP contribution is -2.55. The van der Waals surface area contributed by atoms with Crippen molar-refractivity contribution >= 4 is 5.97 Å². The monoisotopic (exact) mass is 280 g/mol. The van der Waals surface area contributed by atoms with Crippen LogP contribution in [-0.2, 0) is 17.9 Å². The third kappa shape index (κ3) is 3.56. The van der Waals surface area contributed by atoms with Gasteiger partial charge in [0.1, 0.15) is 6.54 Å². The number of nitrogens with zero attached hydrogens (tertiary/aromatic N) is 4. The van der Waals surface area contributed by atoms with Gasteiger partial charge < -0.3 is 5.11 Å². The molecule has 2 heterocycles. The molecule has 0 bridgehead atoms. The Bertz CT molecular complexity index is 444. The summed E-state index contributed by atoms with van der Waals surface area (Å²) in [6, 6.07) is 0. The molecule has 0 unspecified atom stereocenters. The maximum Gasteiger partial charge on any atom is 0.325 e. The van der Waals surface area contributed by atoms with E-state index in [-0.39, 0.29) is 6.54 Å². The second-order valence-electron chi connectivity index (χ2n) is 5.95. The molecule has 2 rings (SSSR count). The van der Waals surface area contributed by atoms with Crippen molar-refractivity contribution in [3.63, 3.8) is 0 Å². The Hall–Kier alpha value is -1.43. The second kappa shape index (κ2) is 6.35. The predicted octanol–water partition coefficient (Wildman–Crippen LogP) is 1.76. The van der Waals surface area contributed by atoms with Crippen LogP contribution in [0.5, 0.6) is 0 Å². The average Bonchev–Trinajstić information content (AvgIpc) is 2.74. The van der Waals surface area contributed by atoms with Crippen molar-refractivity contribution in [2.45, 2.75) is 52.6 Å². The Balaban J connectivity index is 1.84. The number of hydrogen-bond donors (Lipinski definition) is 1. The van der Waals surface area contributed by atoms with E-state index < -0.39 is 5.97 Å². The quantitative estimate of drug-likeness (QED) is 0.785. The number of rotatable bonds is 8. The van der Waals surface area contributed by atoms with E-state index in [2.05, 4.69) is 29.1 Å². The van der Waals surface area contributed by atoms with Gasteiger partial charge in [-0.3, -0.25) is 9.69 Å². The largest absolute Gasteiger partial charge is 0.480 e. The number of carboxylic acid groups (broad SMARTS) is 1. The van der Waals surface area contributed by atoms with E-state index in [4.69, 9.17) is 5.11 Å². The van der Waals surface area contributed by atoms with Gasteiger partial charge in [-0.05, 0) is 18.3 Å². The van der Waals surface area contributed by atoms with Gasteiger partial charge in [-0.1, -0.05) is 31.9 Å². The zero-order chi connectivity index (χ0) is 14.6. The minimum absolute atomic E-state index is 0.122. The standard InChI is InChI=1S/C14H24N4O2/c1-3-5-14(6-4-2)10-17(11-14)7-12-8-18(16-15-12)9-13(19)20/h8H,3-7,9-11H2,1-2H3,(H,19,20). The summed E-state index contributed by atoms with van der Waals surface area (Å²) >= 11 is 0. The van der Waals surface area contributed by atoms with Gasteiger partial charge in [-0.2, -0.15) is 0 Å². The molecule has 0 spiro atoms. The fourth-order valence-corrected chi connectivity index (χ4v) is 3.37. The lowest BCUT2D eigenvalue weighted by molar-refractivity contribution is -0.137. The highest BCUT2D eigenvalue weighted by Gasteiger charge is 2.41. The molecule has 0 radical (unpaired) electrons. The maximum atomic E-state index is 10.6. The summed E-state index contributed by atoms with van der Waals surface area (Å²) in [7, 11) is 0. The second-order valence-corrected chi connectivity index (χ2v) is 5.95. The Labute approximate surface area is 119 Å². The molecule has 1 fully saturated rings. The summed E-state index contributed by atoms with van der Waals surface area (Å²) in [5.74, 6) is -0.893. The van der Waals surface area contributed by atoms with Crippen LogP contribution in [0.15, 0.2) is 6.20 Å². The van der Waals surface area contributed by atoms with Gasteiger partial charge >= 0.3 is 5.97 Å². The number of carbonyl (C=O) groups is 1. The molecule has 112 valence electrons. The lowest BCUT2D eigenvalue weighted by atomic mass is 9.72. The summed E-state index contributed by atoms with van der Waals surface area (Å²) in [6.45, 7) is 7.40. The van der Waals surface area contributed by atoms with Gasteiger partial charge in [0.05, 0.1) is 11.9 Å². The fraction of sp³-hybridized carbons (Fsp3) is 0.786. The van der Waals surface area contributed by atoms with E-state index in [0.717, 1.165) is 25.3 Å². The first kappa shape index (κ1) is 15.0. The van der Waals surface area contributed by atoms with Crippen LogP contribution in [0.25, 0.3) is 0 Å². The highest BCUT2D eigenvalue weighted by Crippen LogP contribution is 2.39. The van der Waals surface area contributed by atoms with E-state index >= 15 is 0 Å². The molecule has 1 aromatic heterocycles. The molecule has 0 saturated carbocycles. The summed E-state index contributed by atoms with van der Waals surface area (Å²) in [6.07, 6.45) is 6.80. The number of aromatic nitrogens is 3. The van der Waals surface area contributed by atoms with Gasteiger partial charge in [0, 0.05) is 19.6 Å². The first-order valence-electron chi connectivity index (χ1n) is 7.40. The van der Waals surface area contributed by atoms with Crippen LogP contribution in [0.1, 0.15) is 45.2 Å². The van der Waals surface area contributed by atoms with Crippen molar-refractivity contribution in [2.75, 3.05) is 13.1 Å². The molecule has 1 aliphatic heterocycles. The fourth-order valence-electron chi connectivity index (χ4n) is 3.37. The van der Waals surface area contributed by atoms with E-state index in [1.54, 1.807) is 6.20 Å². The number of likely N-dealkylation sites (tertiary alicyclic amines) is 1. The van der Waals surface area contributed by atoms with Crippen molar-refractivity contribution < 1.29 is 9.90 Å². The van der Waals surface area contributed by atoms with Crippen molar-refractivity contribution in [3.05, 3.63) is 11.9 Å². The molecule has 1 saturated heterocycles. The van der Waals surface area contributed by atoms with Crippen LogP contribution in [0.2, 0.25) is 0 Å². The molecule has 0 aromatic carbocycles. The van der Waals surface area contributed by atoms with E-state index in [1.165, 1.54) is 30.4 Å². The van der Waals surface area contributed by atoms with Gasteiger partial charge in [0.2, 0.25) is 0 Å². The molecular weight excluding hydrogens is 256 g/mol. The van der Waals surface area contributed by atoms with Crippen LogP contribution < -0.4 is 0 Å². The number of hydrogen-bond acceptors (Lipinski definition) is 4. The average molecular weight is 280 g/mol. The van der Waals surface area contributed by atoms with Gasteiger partial charge in [0.15, 0.2) is 0 Å². The van der Waals surface area contributed by atoms with Crippen LogP contribution in [0, 0.1) is 5.41 Å². The molecule has 0 aliphatic carbocycles. The summed E-state index contributed by atoms with van der Waals surface area (Å²) in [5, 5.41) is 16.6. The Morgan fingerprint density at radius 3 is 2.55 bits per heavy atom. The lowest BCUT2D eigenvalue weighted by Gasteiger charge is -2.50. The van der Waals surface area contributed by atoms with Crippen molar-refractivity contribution in [1.29, 1.82) is 0 Å². The molecule has 1 aromatic rings. The summed E-state index contributed by atoms with van der Waals surface area (Å²) < 4.78 is 1.38. The number of aliphatic carboxylic acids is 1. The number of carboxylic acids is 1. The van der Waals surface area contributed by atoms with Crippen molar-refractivity contribution in [2.24, 2.45) is 5.41 Å². The first-order valence-corrected chi connectivity index (χ1v) is 7.40. The zero-order valence-electron chi connectivity index (χ0n) is 12.4. The Morgan fingerprint density at radius 2 is 2.00 bits per heavy atom. The summed E-state index contributed by atoms with van der Waals surface area (Å²) in [5.41, 5.74) is 1.36. The van der Waals surface area contributed by atoms with E-state index in [1.807, 2.05) is 0 Å². The van der Waals surface area contributed by atoms with Crippen LogP contribution in [0.4, 0.5) is 0 Å². The van der Waals surface area contributed by atoms with Crippen LogP contribution in [-0.4, -0.2) is 44.1 Å². The smallest absolute Gasteiger partial charge is 0.325 e. The topological polar surface area (TPSA) is 71.2 Å². The molecule has 6 nitrogen and oxygen atoms in total. The Morgan fingerprint density at radius 1 is 1.35 bits per heavy atom. The predicted molar refractivity (Wildman–Crippen MR) is 75.2 cm³/mol. The van der Waals surface area contributed by atoms with Crippen molar-refractivity contribution in [1.82, 2.24) is 19.9 Å². The molecule has 1 aliphatic rings. The zero-order valence-corrected chi connectivity index (χ0v) is 12.4. The third-order valence-electron chi connectivity index (χ3n) is 3.95. The van der Waals surface area contributed by atoms with Gasteiger partial charge in [0.25, 0.3) is 0 Å². The highest BCUT2D eigenvalue weighted by atomic mass is 16.4. The highest BCUT2D eigenvalue weighted by molar-refractivity contribution is 5.66. The van der Waals surface area contributed by atoms with Crippen molar-refractivity contribution in [3.8, 4) is 0 Å². The molecular formula is C14H24N4O2. The maximum absolute atomic E-state index is 10.6. The molecule has 0 atom stereocenters.